The van der Waals surface area contributed by atoms with Crippen LogP contribution in [0.25, 0.3) is 6.08 Å². The normalized spacial score (nSPS) is 10.2. The largest absolute Gasteiger partial charge is 0.257 e. The Morgan fingerprint density at radius 3 is 2.92 bits per heavy atom. The fraction of sp³-hybridized carbons (Fsp3) is 0.0833. The van der Waals surface area contributed by atoms with Crippen molar-refractivity contribution in [1.82, 2.24) is 4.98 Å². The van der Waals surface area contributed by atoms with Gasteiger partial charge in [0.25, 0.3) is 0 Å². The molecule has 0 aliphatic heterocycles. The lowest BCUT2D eigenvalue weighted by Gasteiger charge is -1.94. The van der Waals surface area contributed by atoms with Crippen molar-refractivity contribution in [3.63, 3.8) is 0 Å². The van der Waals surface area contributed by atoms with Gasteiger partial charge in [-0.3, -0.25) is 4.98 Å². The minimum Gasteiger partial charge on any atom is -0.257 e. The van der Waals surface area contributed by atoms with E-state index in [0.717, 1.165) is 16.8 Å². The van der Waals surface area contributed by atoms with Gasteiger partial charge >= 0.3 is 0 Å². The van der Waals surface area contributed by atoms with Crippen molar-refractivity contribution < 1.29 is 0 Å². The molecule has 0 saturated carbocycles. The van der Waals surface area contributed by atoms with E-state index in [1.807, 2.05) is 19.1 Å². The Balaban J connectivity index is 3.06. The number of aromatic nitrogens is 1. The smallest absolute Gasteiger partial charge is 0.0651 e. The van der Waals surface area contributed by atoms with E-state index in [4.69, 9.17) is 12.8 Å². The summed E-state index contributed by atoms with van der Waals surface area (Å²) >= 11 is 0. The van der Waals surface area contributed by atoms with Crippen LogP contribution in [0.15, 0.2) is 23.9 Å². The summed E-state index contributed by atoms with van der Waals surface area (Å²) in [6.45, 7) is 1.85. The molecule has 0 amide bonds. The Kier molecular flexibility index (Phi) is 2.90. The lowest BCUT2D eigenvalue weighted by atomic mass is 10.2. The highest BCUT2D eigenvalue weighted by Crippen LogP contribution is 2.04. The molecule has 0 aliphatic carbocycles. The standard InChI is InChI=1S/C12H9N/c1-4-10(3)8-12-9-11(5-2)6-7-13-12/h1-2,6-9H,3H3/b10-8+. The molecule has 0 N–H and O–H groups in total. The third kappa shape index (κ3) is 2.51. The van der Waals surface area contributed by atoms with Crippen LogP contribution < -0.4 is 0 Å². The van der Waals surface area contributed by atoms with E-state index in [9.17, 15) is 0 Å². The summed E-state index contributed by atoms with van der Waals surface area (Å²) in [5.41, 5.74) is 2.44. The second kappa shape index (κ2) is 4.14. The molecule has 1 rings (SSSR count). The molecule has 1 aromatic heterocycles. The quantitative estimate of drug-likeness (QED) is 0.584. The summed E-state index contributed by atoms with van der Waals surface area (Å²) in [4.78, 5) is 4.11. The molecule has 1 heterocycles. The summed E-state index contributed by atoms with van der Waals surface area (Å²) in [6.07, 6.45) is 13.9. The predicted octanol–water partition coefficient (Wildman–Crippen LogP) is 2.10. The molecule has 0 atom stereocenters. The van der Waals surface area contributed by atoms with E-state index in [0.29, 0.717) is 0 Å². The predicted molar refractivity (Wildman–Crippen MR) is 54.7 cm³/mol. The van der Waals surface area contributed by atoms with Gasteiger partial charge in [-0.2, -0.15) is 0 Å². The molecule has 13 heavy (non-hydrogen) atoms. The van der Waals surface area contributed by atoms with Crippen molar-refractivity contribution in [3.8, 4) is 24.7 Å². The first-order chi connectivity index (χ1) is 6.26. The summed E-state index contributed by atoms with van der Waals surface area (Å²) in [6, 6.07) is 3.60. The molecule has 0 spiro atoms. The highest BCUT2D eigenvalue weighted by atomic mass is 14.7. The Morgan fingerprint density at radius 1 is 1.54 bits per heavy atom. The van der Waals surface area contributed by atoms with E-state index in [1.54, 1.807) is 12.3 Å². The van der Waals surface area contributed by atoms with Gasteiger partial charge in [0.05, 0.1) is 5.69 Å². The molecule has 0 aliphatic rings. The van der Waals surface area contributed by atoms with E-state index in [2.05, 4.69) is 16.8 Å². The van der Waals surface area contributed by atoms with Crippen LogP contribution in [-0.2, 0) is 0 Å². The maximum Gasteiger partial charge on any atom is 0.0651 e. The van der Waals surface area contributed by atoms with Crippen molar-refractivity contribution >= 4 is 6.08 Å². The molecule has 1 heteroatoms. The van der Waals surface area contributed by atoms with Crippen LogP contribution in [0.4, 0.5) is 0 Å². The third-order valence-electron chi connectivity index (χ3n) is 1.54. The molecule has 0 bridgehead atoms. The van der Waals surface area contributed by atoms with Crippen molar-refractivity contribution in [1.29, 1.82) is 0 Å². The SMILES string of the molecule is C#C/C(C)=C/c1cc(C#C)ccn1. The molecule has 0 fully saturated rings. The van der Waals surface area contributed by atoms with Crippen LogP contribution in [0.1, 0.15) is 18.2 Å². The van der Waals surface area contributed by atoms with Gasteiger partial charge in [0.15, 0.2) is 0 Å². The second-order valence-corrected chi connectivity index (χ2v) is 2.59. The van der Waals surface area contributed by atoms with Gasteiger partial charge in [-0.05, 0) is 25.1 Å². The van der Waals surface area contributed by atoms with Gasteiger partial charge in [0.1, 0.15) is 0 Å². The van der Waals surface area contributed by atoms with Crippen LogP contribution in [0, 0.1) is 24.7 Å². The number of nitrogens with zero attached hydrogens (tertiary/aromatic N) is 1. The second-order valence-electron chi connectivity index (χ2n) is 2.59. The van der Waals surface area contributed by atoms with Crippen LogP contribution in [0.2, 0.25) is 0 Å². The Hall–Kier alpha value is -1.99. The van der Waals surface area contributed by atoms with Crippen LogP contribution in [-0.4, -0.2) is 4.98 Å². The fourth-order valence-electron chi connectivity index (χ4n) is 0.881. The van der Waals surface area contributed by atoms with Gasteiger partial charge in [0, 0.05) is 17.3 Å². The molecule has 0 saturated heterocycles. The molecular formula is C12H9N. The van der Waals surface area contributed by atoms with E-state index < -0.39 is 0 Å². The van der Waals surface area contributed by atoms with Gasteiger partial charge < -0.3 is 0 Å². The Bertz CT molecular complexity index is 413. The molecular weight excluding hydrogens is 158 g/mol. The average molecular weight is 167 g/mol. The van der Waals surface area contributed by atoms with Gasteiger partial charge in [-0.1, -0.05) is 11.8 Å². The molecule has 62 valence electrons. The van der Waals surface area contributed by atoms with Crippen molar-refractivity contribution in [2.24, 2.45) is 0 Å². The molecule has 0 radical (unpaired) electrons. The van der Waals surface area contributed by atoms with Crippen molar-refractivity contribution in [2.45, 2.75) is 6.92 Å². The average Bonchev–Trinajstić information content (AvgIpc) is 2.18. The number of terminal acetylenes is 2. The molecule has 1 aromatic rings. The summed E-state index contributed by atoms with van der Waals surface area (Å²) < 4.78 is 0. The highest BCUT2D eigenvalue weighted by molar-refractivity contribution is 5.55. The number of rotatable bonds is 1. The molecule has 0 unspecified atom stereocenters. The molecule has 0 aromatic carbocycles. The number of hydrogen-bond donors (Lipinski definition) is 0. The van der Waals surface area contributed by atoms with Gasteiger partial charge in [-0.25, -0.2) is 0 Å². The van der Waals surface area contributed by atoms with E-state index in [1.165, 1.54) is 0 Å². The van der Waals surface area contributed by atoms with E-state index >= 15 is 0 Å². The first kappa shape index (κ1) is 9.10. The lowest BCUT2D eigenvalue weighted by Crippen LogP contribution is -1.83. The topological polar surface area (TPSA) is 12.9 Å². The lowest BCUT2D eigenvalue weighted by molar-refractivity contribution is 1.28. The number of pyridine rings is 1. The zero-order valence-corrected chi connectivity index (χ0v) is 7.41. The maximum atomic E-state index is 5.24. The molecule has 1 nitrogen and oxygen atoms in total. The van der Waals surface area contributed by atoms with Crippen LogP contribution in [0.3, 0.4) is 0 Å². The maximum absolute atomic E-state index is 5.24. The zero-order valence-electron chi connectivity index (χ0n) is 7.41. The minimum absolute atomic E-state index is 0.797. The van der Waals surface area contributed by atoms with Crippen LogP contribution in [0.5, 0.6) is 0 Å². The van der Waals surface area contributed by atoms with Crippen molar-refractivity contribution in [3.05, 3.63) is 35.2 Å². The van der Waals surface area contributed by atoms with Crippen LogP contribution >= 0.6 is 0 Å². The van der Waals surface area contributed by atoms with Gasteiger partial charge in [0.2, 0.25) is 0 Å². The zero-order chi connectivity index (χ0) is 9.68. The first-order valence-corrected chi connectivity index (χ1v) is 3.84. The minimum atomic E-state index is 0.797. The summed E-state index contributed by atoms with van der Waals surface area (Å²) in [7, 11) is 0. The fourth-order valence-corrected chi connectivity index (χ4v) is 0.881. The Labute approximate surface area is 78.5 Å². The van der Waals surface area contributed by atoms with Gasteiger partial charge in [-0.15, -0.1) is 12.8 Å². The monoisotopic (exact) mass is 167 g/mol. The Morgan fingerprint density at radius 2 is 2.31 bits per heavy atom. The first-order valence-electron chi connectivity index (χ1n) is 3.84. The summed E-state index contributed by atoms with van der Waals surface area (Å²) in [5.74, 6) is 5.06. The summed E-state index contributed by atoms with van der Waals surface area (Å²) in [5, 5.41) is 0. The highest BCUT2D eigenvalue weighted by Gasteiger charge is 1.91. The number of allylic oxidation sites excluding steroid dienone is 1. The van der Waals surface area contributed by atoms with E-state index in [-0.39, 0.29) is 0 Å². The van der Waals surface area contributed by atoms with Crippen molar-refractivity contribution in [2.75, 3.05) is 0 Å². The number of hydrogen-bond acceptors (Lipinski definition) is 1. The third-order valence-corrected chi connectivity index (χ3v) is 1.54.